The predicted molar refractivity (Wildman–Crippen MR) is 97.3 cm³/mol. The molecule has 1 aromatic rings. The largest absolute Gasteiger partial charge is 0.309 e. The molecule has 1 unspecified atom stereocenters. The van der Waals surface area contributed by atoms with Crippen LogP contribution < -0.4 is 0 Å². The van der Waals surface area contributed by atoms with Crippen LogP contribution in [0.15, 0.2) is 60.2 Å². The Labute approximate surface area is 136 Å². The maximum Gasteiger partial charge on any atom is 0.00951 e. The quantitative estimate of drug-likeness (QED) is 0.704. The molecule has 1 aliphatic rings. The highest BCUT2D eigenvalue weighted by Gasteiger charge is 2.23. The van der Waals surface area contributed by atoms with E-state index in [0.717, 1.165) is 19.4 Å². The first-order valence-electron chi connectivity index (χ1n) is 8.38. The Balaban J connectivity index is 2.39. The molecular formula is C21H29N. The summed E-state index contributed by atoms with van der Waals surface area (Å²) in [5.41, 5.74) is 5.92. The van der Waals surface area contributed by atoms with Crippen molar-refractivity contribution in [1.29, 1.82) is 0 Å². The van der Waals surface area contributed by atoms with Gasteiger partial charge in [0.25, 0.3) is 0 Å². The summed E-state index contributed by atoms with van der Waals surface area (Å²) in [6.07, 6.45) is 11.2. The average Bonchev–Trinajstić information content (AvgIpc) is 2.65. The van der Waals surface area contributed by atoms with Gasteiger partial charge in [-0.1, -0.05) is 49.1 Å². The third kappa shape index (κ3) is 3.98. The molecule has 1 aliphatic carbocycles. The summed E-state index contributed by atoms with van der Waals surface area (Å²) in [4.78, 5) is 2.27. The second kappa shape index (κ2) is 8.14. The van der Waals surface area contributed by atoms with Crippen molar-refractivity contribution in [2.45, 2.75) is 38.5 Å². The predicted octanol–water partition coefficient (Wildman–Crippen LogP) is 5.12. The van der Waals surface area contributed by atoms with Gasteiger partial charge in [0, 0.05) is 5.92 Å². The summed E-state index contributed by atoms with van der Waals surface area (Å²) in [5.74, 6) is 0.503. The van der Waals surface area contributed by atoms with Crippen LogP contribution in [0.2, 0.25) is 0 Å². The molecular weight excluding hydrogens is 266 g/mol. The highest BCUT2D eigenvalue weighted by atomic mass is 15.0. The third-order valence-corrected chi connectivity index (χ3v) is 4.53. The molecule has 1 nitrogen and oxygen atoms in total. The fraction of sp³-hybridized carbons (Fsp3) is 0.429. The molecule has 0 bridgehead atoms. The Hall–Kier alpha value is -1.60. The standard InChI is InChI=1S/C21H29N/c1-5-10-19-17(6-2)14-15-18-11-7-8-12-20(18)21(19)13-9-16-22(3)4/h5-8,10-12,21H,2,9,13-16H2,1,3-4H3/b10-5-. The summed E-state index contributed by atoms with van der Waals surface area (Å²) in [7, 11) is 4.30. The van der Waals surface area contributed by atoms with Gasteiger partial charge in [0.2, 0.25) is 0 Å². The highest BCUT2D eigenvalue weighted by molar-refractivity contribution is 5.47. The fourth-order valence-corrected chi connectivity index (χ4v) is 3.45. The first-order chi connectivity index (χ1) is 10.7. The van der Waals surface area contributed by atoms with E-state index in [1.165, 1.54) is 35.1 Å². The number of allylic oxidation sites excluding steroid dienone is 5. The van der Waals surface area contributed by atoms with E-state index in [9.17, 15) is 0 Å². The zero-order valence-electron chi connectivity index (χ0n) is 14.3. The number of hydrogen-bond acceptors (Lipinski definition) is 1. The lowest BCUT2D eigenvalue weighted by Crippen LogP contribution is -2.14. The Morgan fingerprint density at radius 3 is 2.68 bits per heavy atom. The smallest absolute Gasteiger partial charge is 0.00951 e. The van der Waals surface area contributed by atoms with Gasteiger partial charge in [-0.05, 0) is 75.5 Å². The molecule has 0 radical (unpaired) electrons. The number of fused-ring (bicyclic) bond motifs is 1. The van der Waals surface area contributed by atoms with Crippen molar-refractivity contribution in [3.05, 3.63) is 71.3 Å². The van der Waals surface area contributed by atoms with Crippen LogP contribution in [0.1, 0.15) is 43.2 Å². The van der Waals surface area contributed by atoms with Crippen molar-refractivity contribution in [2.75, 3.05) is 20.6 Å². The van der Waals surface area contributed by atoms with E-state index in [4.69, 9.17) is 0 Å². The van der Waals surface area contributed by atoms with Crippen LogP contribution in [0.3, 0.4) is 0 Å². The summed E-state index contributed by atoms with van der Waals surface area (Å²) >= 11 is 0. The molecule has 0 amide bonds. The summed E-state index contributed by atoms with van der Waals surface area (Å²) in [5, 5.41) is 0. The highest BCUT2D eigenvalue weighted by Crippen LogP contribution is 2.38. The Kier molecular flexibility index (Phi) is 6.21. The van der Waals surface area contributed by atoms with Crippen LogP contribution in [0, 0.1) is 0 Å². The van der Waals surface area contributed by atoms with Gasteiger partial charge in [0.1, 0.15) is 0 Å². The number of nitrogens with zero attached hydrogens (tertiary/aromatic N) is 1. The van der Waals surface area contributed by atoms with Crippen molar-refractivity contribution in [1.82, 2.24) is 4.90 Å². The van der Waals surface area contributed by atoms with E-state index in [-0.39, 0.29) is 0 Å². The molecule has 0 heterocycles. The van der Waals surface area contributed by atoms with Crippen molar-refractivity contribution in [3.63, 3.8) is 0 Å². The molecule has 0 aromatic heterocycles. The molecule has 1 atom stereocenters. The van der Waals surface area contributed by atoms with Gasteiger partial charge in [-0.25, -0.2) is 0 Å². The first kappa shape index (κ1) is 16.8. The van der Waals surface area contributed by atoms with E-state index < -0.39 is 0 Å². The summed E-state index contributed by atoms with van der Waals surface area (Å²) in [6.45, 7) is 7.32. The Bertz CT molecular complexity index is 563. The topological polar surface area (TPSA) is 3.24 Å². The van der Waals surface area contributed by atoms with Gasteiger partial charge < -0.3 is 4.90 Å². The maximum atomic E-state index is 4.06. The molecule has 0 spiro atoms. The van der Waals surface area contributed by atoms with E-state index in [1.54, 1.807) is 0 Å². The molecule has 0 fully saturated rings. The normalized spacial score (nSPS) is 18.6. The maximum absolute atomic E-state index is 4.06. The molecule has 1 aromatic carbocycles. The van der Waals surface area contributed by atoms with Crippen molar-refractivity contribution in [3.8, 4) is 0 Å². The van der Waals surface area contributed by atoms with E-state index >= 15 is 0 Å². The lowest BCUT2D eigenvalue weighted by molar-refractivity contribution is 0.389. The Morgan fingerprint density at radius 1 is 1.23 bits per heavy atom. The van der Waals surface area contributed by atoms with Gasteiger partial charge in [0.05, 0.1) is 0 Å². The van der Waals surface area contributed by atoms with Crippen molar-refractivity contribution >= 4 is 0 Å². The minimum atomic E-state index is 0.503. The van der Waals surface area contributed by atoms with Gasteiger partial charge in [-0.3, -0.25) is 0 Å². The van der Waals surface area contributed by atoms with Crippen molar-refractivity contribution in [2.24, 2.45) is 0 Å². The molecule has 2 rings (SSSR count). The average molecular weight is 295 g/mol. The van der Waals surface area contributed by atoms with Crippen LogP contribution in [-0.2, 0) is 6.42 Å². The Morgan fingerprint density at radius 2 is 2.00 bits per heavy atom. The van der Waals surface area contributed by atoms with Crippen LogP contribution in [0.4, 0.5) is 0 Å². The number of aryl methyl sites for hydroxylation is 1. The zero-order chi connectivity index (χ0) is 15.9. The van der Waals surface area contributed by atoms with Gasteiger partial charge >= 0.3 is 0 Å². The summed E-state index contributed by atoms with van der Waals surface area (Å²) < 4.78 is 0. The lowest BCUT2D eigenvalue weighted by Gasteiger charge is -2.22. The monoisotopic (exact) mass is 295 g/mol. The van der Waals surface area contributed by atoms with Crippen molar-refractivity contribution < 1.29 is 0 Å². The molecule has 1 heteroatoms. The van der Waals surface area contributed by atoms with Crippen LogP contribution in [0.5, 0.6) is 0 Å². The molecule has 118 valence electrons. The zero-order valence-corrected chi connectivity index (χ0v) is 14.3. The van der Waals surface area contributed by atoms with Crippen LogP contribution >= 0.6 is 0 Å². The molecule has 0 saturated heterocycles. The van der Waals surface area contributed by atoms with Crippen LogP contribution in [0.25, 0.3) is 0 Å². The molecule has 0 aliphatic heterocycles. The molecule has 0 N–H and O–H groups in total. The minimum absolute atomic E-state index is 0.503. The second-order valence-electron chi connectivity index (χ2n) is 6.38. The van der Waals surface area contributed by atoms with E-state index in [0.29, 0.717) is 5.92 Å². The lowest BCUT2D eigenvalue weighted by atomic mass is 9.84. The van der Waals surface area contributed by atoms with E-state index in [1.807, 2.05) is 0 Å². The van der Waals surface area contributed by atoms with Gasteiger partial charge in [-0.15, -0.1) is 0 Å². The fourth-order valence-electron chi connectivity index (χ4n) is 3.45. The molecule has 22 heavy (non-hydrogen) atoms. The SMILES string of the molecule is C=CC1=C(/C=C\C)C(CCCN(C)C)c2ccccc2CC1. The van der Waals surface area contributed by atoms with E-state index in [2.05, 4.69) is 75.0 Å². The minimum Gasteiger partial charge on any atom is -0.309 e. The number of hydrogen-bond donors (Lipinski definition) is 0. The van der Waals surface area contributed by atoms with Crippen LogP contribution in [-0.4, -0.2) is 25.5 Å². The van der Waals surface area contributed by atoms with Gasteiger partial charge in [-0.2, -0.15) is 0 Å². The third-order valence-electron chi connectivity index (χ3n) is 4.53. The number of benzene rings is 1. The molecule has 0 saturated carbocycles. The second-order valence-corrected chi connectivity index (χ2v) is 6.38. The summed E-state index contributed by atoms with van der Waals surface area (Å²) in [6, 6.07) is 8.98. The first-order valence-corrected chi connectivity index (χ1v) is 8.38. The van der Waals surface area contributed by atoms with Gasteiger partial charge in [0.15, 0.2) is 0 Å². The number of rotatable bonds is 6.